The quantitative estimate of drug-likeness (QED) is 0.291. The lowest BCUT2D eigenvalue weighted by molar-refractivity contribution is 0.0923. The van der Waals surface area contributed by atoms with E-state index in [4.69, 9.17) is 0 Å². The van der Waals surface area contributed by atoms with Gasteiger partial charge in [-0.2, -0.15) is 0 Å². The molecule has 34 heavy (non-hydrogen) atoms. The number of pyridine rings is 2. The number of aromatic nitrogens is 2. The Labute approximate surface area is 197 Å². The second-order valence-corrected chi connectivity index (χ2v) is 7.42. The third-order valence-electron chi connectivity index (χ3n) is 5.12. The highest BCUT2D eigenvalue weighted by Crippen LogP contribution is 2.27. The van der Waals surface area contributed by atoms with Crippen LogP contribution in [0.15, 0.2) is 97.6 Å². The molecule has 4 aromatic rings. The number of amides is 2. The van der Waals surface area contributed by atoms with Gasteiger partial charge < -0.3 is 0 Å². The van der Waals surface area contributed by atoms with E-state index >= 15 is 0 Å². The molecule has 8 heteroatoms. The smallest absolute Gasteiger partial charge is 0.266 e. The number of carbonyl (C=O) groups is 2. The van der Waals surface area contributed by atoms with Crippen molar-refractivity contribution in [2.75, 3.05) is 0 Å². The standard InChI is InChI=1S/C26H24N6O2/c33-25(31-29-17-19-9-13-27-14-10-19)23-7-3-1-5-21(23)22-6-2-4-8-24(22)26(34)32-30-18-20-11-15-28-16-12-20/h1-16,29-30H,17-18H2,(H,31,33)(H,32,34). The van der Waals surface area contributed by atoms with Gasteiger partial charge in [0, 0.05) is 49.0 Å². The number of nitrogens with zero attached hydrogens (tertiary/aromatic N) is 2. The minimum Gasteiger partial charge on any atom is -0.287 e. The summed E-state index contributed by atoms with van der Waals surface area (Å²) in [5.74, 6) is -0.591. The van der Waals surface area contributed by atoms with Crippen LogP contribution in [0.3, 0.4) is 0 Å². The van der Waals surface area contributed by atoms with Crippen LogP contribution in [0.1, 0.15) is 31.8 Å². The molecule has 0 spiro atoms. The molecule has 0 aliphatic rings. The van der Waals surface area contributed by atoms with E-state index in [0.29, 0.717) is 35.3 Å². The van der Waals surface area contributed by atoms with Crippen molar-refractivity contribution in [2.45, 2.75) is 13.1 Å². The summed E-state index contributed by atoms with van der Waals surface area (Å²) in [5.41, 5.74) is 15.5. The molecule has 8 nitrogen and oxygen atoms in total. The first-order valence-corrected chi connectivity index (χ1v) is 10.7. The Balaban J connectivity index is 1.47. The molecule has 0 saturated carbocycles. The van der Waals surface area contributed by atoms with E-state index < -0.39 is 0 Å². The fourth-order valence-electron chi connectivity index (χ4n) is 3.42. The van der Waals surface area contributed by atoms with Crippen molar-refractivity contribution in [1.29, 1.82) is 0 Å². The Bertz CT molecular complexity index is 1150. The fraction of sp³-hybridized carbons (Fsp3) is 0.0769. The summed E-state index contributed by atoms with van der Waals surface area (Å²) in [6.45, 7) is 0.914. The molecular weight excluding hydrogens is 428 g/mol. The second kappa shape index (κ2) is 11.5. The van der Waals surface area contributed by atoms with Crippen molar-refractivity contribution >= 4 is 11.8 Å². The van der Waals surface area contributed by atoms with Gasteiger partial charge in [-0.1, -0.05) is 36.4 Å². The van der Waals surface area contributed by atoms with Crippen LogP contribution in [0, 0.1) is 0 Å². The average molecular weight is 453 g/mol. The summed E-state index contributed by atoms with van der Waals surface area (Å²) >= 11 is 0. The van der Waals surface area contributed by atoms with E-state index in [1.165, 1.54) is 0 Å². The van der Waals surface area contributed by atoms with Crippen LogP contribution in [0.5, 0.6) is 0 Å². The van der Waals surface area contributed by atoms with Gasteiger partial charge in [-0.05, 0) is 58.7 Å². The maximum Gasteiger partial charge on any atom is 0.266 e. The van der Waals surface area contributed by atoms with E-state index in [2.05, 4.69) is 31.7 Å². The number of hydrogen-bond donors (Lipinski definition) is 4. The molecule has 2 aromatic carbocycles. The molecule has 0 radical (unpaired) electrons. The molecule has 4 N–H and O–H groups in total. The molecule has 4 rings (SSSR count). The predicted molar refractivity (Wildman–Crippen MR) is 129 cm³/mol. The van der Waals surface area contributed by atoms with Crippen molar-refractivity contribution in [1.82, 2.24) is 31.7 Å². The second-order valence-electron chi connectivity index (χ2n) is 7.42. The van der Waals surface area contributed by atoms with Gasteiger partial charge in [0.1, 0.15) is 0 Å². The maximum absolute atomic E-state index is 12.9. The molecule has 0 unspecified atom stereocenters. The van der Waals surface area contributed by atoms with Gasteiger partial charge in [-0.25, -0.2) is 10.9 Å². The lowest BCUT2D eigenvalue weighted by Gasteiger charge is -2.15. The molecule has 2 aromatic heterocycles. The van der Waals surface area contributed by atoms with Gasteiger partial charge >= 0.3 is 0 Å². The number of hydrazine groups is 2. The molecule has 0 fully saturated rings. The SMILES string of the molecule is O=C(NNCc1ccncc1)c1ccccc1-c1ccccc1C(=O)NNCc1ccncc1. The minimum absolute atomic E-state index is 0.296. The highest BCUT2D eigenvalue weighted by atomic mass is 16.2. The topological polar surface area (TPSA) is 108 Å². The third kappa shape index (κ3) is 5.89. The zero-order valence-corrected chi connectivity index (χ0v) is 18.4. The van der Waals surface area contributed by atoms with Crippen LogP contribution in [0.25, 0.3) is 11.1 Å². The molecule has 2 heterocycles. The van der Waals surface area contributed by atoms with Crippen molar-refractivity contribution in [3.63, 3.8) is 0 Å². The minimum atomic E-state index is -0.296. The van der Waals surface area contributed by atoms with Gasteiger partial charge in [0.15, 0.2) is 0 Å². The number of benzene rings is 2. The zero-order valence-electron chi connectivity index (χ0n) is 18.4. The van der Waals surface area contributed by atoms with Crippen LogP contribution >= 0.6 is 0 Å². The van der Waals surface area contributed by atoms with Gasteiger partial charge in [-0.15, -0.1) is 0 Å². The summed E-state index contributed by atoms with van der Waals surface area (Å²) in [5, 5.41) is 0. The van der Waals surface area contributed by atoms with Crippen molar-refractivity contribution in [3.05, 3.63) is 120 Å². The van der Waals surface area contributed by atoms with Crippen molar-refractivity contribution in [2.24, 2.45) is 0 Å². The lowest BCUT2D eigenvalue weighted by Crippen LogP contribution is -2.37. The van der Waals surface area contributed by atoms with Crippen LogP contribution in [-0.4, -0.2) is 21.8 Å². The number of rotatable bonds is 9. The van der Waals surface area contributed by atoms with Crippen LogP contribution in [-0.2, 0) is 13.1 Å². The van der Waals surface area contributed by atoms with E-state index in [9.17, 15) is 9.59 Å². The number of nitrogens with one attached hydrogen (secondary N) is 4. The van der Waals surface area contributed by atoms with Gasteiger partial charge in [0.25, 0.3) is 11.8 Å². The van der Waals surface area contributed by atoms with Gasteiger partial charge in [0.2, 0.25) is 0 Å². The van der Waals surface area contributed by atoms with E-state index in [0.717, 1.165) is 11.1 Å². The number of hydrogen-bond acceptors (Lipinski definition) is 6. The van der Waals surface area contributed by atoms with Gasteiger partial charge in [-0.3, -0.25) is 30.4 Å². The normalized spacial score (nSPS) is 10.5. The van der Waals surface area contributed by atoms with Crippen molar-refractivity contribution < 1.29 is 9.59 Å². The first-order chi connectivity index (χ1) is 16.7. The third-order valence-corrected chi connectivity index (χ3v) is 5.12. The average Bonchev–Trinajstić information content (AvgIpc) is 2.90. The molecule has 0 atom stereocenters. The Morgan fingerprint density at radius 3 is 1.35 bits per heavy atom. The Kier molecular flexibility index (Phi) is 7.68. The summed E-state index contributed by atoms with van der Waals surface area (Å²) in [6.07, 6.45) is 6.79. The van der Waals surface area contributed by atoms with E-state index in [-0.39, 0.29) is 11.8 Å². The highest BCUT2D eigenvalue weighted by Gasteiger charge is 2.17. The van der Waals surface area contributed by atoms with E-state index in [1.54, 1.807) is 49.1 Å². The predicted octanol–water partition coefficient (Wildman–Crippen LogP) is 3.01. The maximum atomic E-state index is 12.9. The molecule has 170 valence electrons. The molecule has 0 saturated heterocycles. The Hall–Kier alpha value is -4.40. The Morgan fingerprint density at radius 1 is 0.559 bits per heavy atom. The zero-order chi connectivity index (χ0) is 23.6. The molecule has 0 aliphatic carbocycles. The molecular formula is C26H24N6O2. The van der Waals surface area contributed by atoms with Crippen molar-refractivity contribution in [3.8, 4) is 11.1 Å². The Morgan fingerprint density at radius 2 is 0.941 bits per heavy atom. The molecule has 0 aliphatic heterocycles. The first-order valence-electron chi connectivity index (χ1n) is 10.7. The van der Waals surface area contributed by atoms with E-state index in [1.807, 2.05) is 48.5 Å². The van der Waals surface area contributed by atoms with Crippen LogP contribution in [0.4, 0.5) is 0 Å². The lowest BCUT2D eigenvalue weighted by atomic mass is 9.95. The summed E-state index contributed by atoms with van der Waals surface area (Å²) in [6, 6.07) is 21.8. The largest absolute Gasteiger partial charge is 0.287 e. The fourth-order valence-corrected chi connectivity index (χ4v) is 3.42. The molecule has 0 bridgehead atoms. The molecule has 2 amide bonds. The summed E-state index contributed by atoms with van der Waals surface area (Å²) < 4.78 is 0. The van der Waals surface area contributed by atoms with Crippen LogP contribution < -0.4 is 21.7 Å². The number of carbonyl (C=O) groups excluding carboxylic acids is 2. The summed E-state index contributed by atoms with van der Waals surface area (Å²) in [7, 11) is 0. The monoisotopic (exact) mass is 452 g/mol. The highest BCUT2D eigenvalue weighted by molar-refractivity contribution is 6.06. The van der Waals surface area contributed by atoms with Crippen LogP contribution in [0.2, 0.25) is 0 Å². The first kappa shape index (κ1) is 22.8. The van der Waals surface area contributed by atoms with Gasteiger partial charge in [0.05, 0.1) is 0 Å². The summed E-state index contributed by atoms with van der Waals surface area (Å²) in [4.78, 5) is 33.8.